The molecule has 1 aliphatic carbocycles. The van der Waals surface area contributed by atoms with Gasteiger partial charge in [-0.1, -0.05) is 0 Å². The van der Waals surface area contributed by atoms with E-state index in [4.69, 9.17) is 9.47 Å². The van der Waals surface area contributed by atoms with Crippen LogP contribution in [-0.2, 0) is 4.74 Å². The molecule has 1 saturated carbocycles. The van der Waals surface area contributed by atoms with Crippen LogP contribution in [0.4, 0.5) is 10.5 Å². The van der Waals surface area contributed by atoms with Gasteiger partial charge in [-0.05, 0) is 61.7 Å². The molecule has 1 aromatic carbocycles. The zero-order chi connectivity index (χ0) is 16.3. The molecule has 0 unspecified atom stereocenters. The summed E-state index contributed by atoms with van der Waals surface area (Å²) in [7, 11) is 1.65. The minimum atomic E-state index is -0.459. The predicted molar refractivity (Wildman–Crippen MR) is 90.5 cm³/mol. The summed E-state index contributed by atoms with van der Waals surface area (Å²) in [5.41, 5.74) is 0.556. The summed E-state index contributed by atoms with van der Waals surface area (Å²) in [6.07, 6.45) is 1.43. The Hall–Kier alpha value is -1.43. The molecule has 5 nitrogen and oxygen atoms in total. The number of nitrogens with one attached hydrogen (secondary N) is 2. The number of methoxy groups -OCH3 is 1. The monoisotopic (exact) mass is 370 g/mol. The minimum absolute atomic E-state index is 0.171. The Morgan fingerprint density at radius 1 is 1.27 bits per heavy atom. The summed E-state index contributed by atoms with van der Waals surface area (Å²) in [5, 5.41) is 6.33. The number of halogens is 1. The van der Waals surface area contributed by atoms with Gasteiger partial charge in [-0.15, -0.1) is 0 Å². The molecular weight excluding hydrogens is 348 g/mol. The van der Waals surface area contributed by atoms with E-state index >= 15 is 0 Å². The summed E-state index contributed by atoms with van der Waals surface area (Å²) in [6, 6.07) is 6.44. The number of anilines is 1. The summed E-state index contributed by atoms with van der Waals surface area (Å²) in [5.74, 6) is 0.799. The second kappa shape index (κ2) is 6.77. The molecule has 0 spiro atoms. The highest BCUT2D eigenvalue weighted by molar-refractivity contribution is 9.10. The molecule has 22 heavy (non-hydrogen) atoms. The van der Waals surface area contributed by atoms with Gasteiger partial charge in [0.1, 0.15) is 11.4 Å². The Morgan fingerprint density at radius 2 is 1.95 bits per heavy atom. The fourth-order valence-corrected chi connectivity index (χ4v) is 2.72. The fourth-order valence-electron chi connectivity index (χ4n) is 2.31. The first-order chi connectivity index (χ1) is 10.3. The number of rotatable bonds is 4. The molecule has 0 radical (unpaired) electrons. The smallest absolute Gasteiger partial charge is 0.407 e. The molecule has 122 valence electrons. The van der Waals surface area contributed by atoms with Crippen LogP contribution in [0, 0.1) is 0 Å². The Morgan fingerprint density at radius 3 is 2.55 bits per heavy atom. The molecule has 0 aromatic heterocycles. The molecule has 2 rings (SSSR count). The maximum Gasteiger partial charge on any atom is 0.407 e. The minimum Gasteiger partial charge on any atom is -0.495 e. The maximum absolute atomic E-state index is 11.7. The number of alkyl carbamates (subject to hydrolysis) is 1. The van der Waals surface area contributed by atoms with Crippen LogP contribution < -0.4 is 15.4 Å². The zero-order valence-electron chi connectivity index (χ0n) is 13.4. The molecule has 0 heterocycles. The van der Waals surface area contributed by atoms with Crippen molar-refractivity contribution < 1.29 is 14.3 Å². The Balaban J connectivity index is 1.77. The first-order valence-corrected chi connectivity index (χ1v) is 8.16. The number of ether oxygens (including phenoxy) is 2. The van der Waals surface area contributed by atoms with E-state index in [2.05, 4.69) is 26.6 Å². The molecule has 0 aliphatic heterocycles. The predicted octanol–water partition coefficient (Wildman–Crippen LogP) is 3.93. The highest BCUT2D eigenvalue weighted by Gasteiger charge is 2.31. The quantitative estimate of drug-likeness (QED) is 0.842. The van der Waals surface area contributed by atoms with Crippen molar-refractivity contribution in [2.24, 2.45) is 0 Å². The molecule has 6 heteroatoms. The van der Waals surface area contributed by atoms with Gasteiger partial charge in [0.05, 0.1) is 11.6 Å². The lowest BCUT2D eigenvalue weighted by atomic mass is 9.86. The first kappa shape index (κ1) is 16.9. The second-order valence-electron chi connectivity index (χ2n) is 6.51. The summed E-state index contributed by atoms with van der Waals surface area (Å²) in [4.78, 5) is 11.7. The number of carbonyl (C=O) groups excluding carboxylic acids is 1. The summed E-state index contributed by atoms with van der Waals surface area (Å²) < 4.78 is 11.5. The second-order valence-corrected chi connectivity index (χ2v) is 7.36. The van der Waals surface area contributed by atoms with E-state index in [1.807, 2.05) is 39.0 Å². The van der Waals surface area contributed by atoms with Crippen molar-refractivity contribution in [3.8, 4) is 5.75 Å². The van der Waals surface area contributed by atoms with E-state index in [0.29, 0.717) is 6.04 Å². The molecule has 0 atom stereocenters. The zero-order valence-corrected chi connectivity index (χ0v) is 15.0. The number of hydrogen-bond donors (Lipinski definition) is 2. The van der Waals surface area contributed by atoms with Gasteiger partial charge in [-0.3, -0.25) is 0 Å². The van der Waals surface area contributed by atoms with Crippen molar-refractivity contribution in [2.75, 3.05) is 12.4 Å². The van der Waals surface area contributed by atoms with Gasteiger partial charge in [0.15, 0.2) is 0 Å². The van der Waals surface area contributed by atoms with Gasteiger partial charge in [0.25, 0.3) is 0 Å². The lowest BCUT2D eigenvalue weighted by Crippen LogP contribution is -2.50. The van der Waals surface area contributed by atoms with Gasteiger partial charge in [-0.2, -0.15) is 0 Å². The van der Waals surface area contributed by atoms with Crippen LogP contribution in [0.1, 0.15) is 33.6 Å². The number of amides is 1. The average molecular weight is 371 g/mol. The third kappa shape index (κ3) is 4.80. The van der Waals surface area contributed by atoms with Crippen molar-refractivity contribution in [3.05, 3.63) is 22.7 Å². The van der Waals surface area contributed by atoms with Crippen LogP contribution >= 0.6 is 15.9 Å². The average Bonchev–Trinajstić information content (AvgIpc) is 2.36. The molecular formula is C16H23BrN2O3. The van der Waals surface area contributed by atoms with Crippen LogP contribution in [0.25, 0.3) is 0 Å². The van der Waals surface area contributed by atoms with Gasteiger partial charge in [-0.25, -0.2) is 4.79 Å². The molecule has 1 fully saturated rings. The number of benzene rings is 1. The Bertz CT molecular complexity index is 537. The van der Waals surface area contributed by atoms with Crippen LogP contribution in [0.3, 0.4) is 0 Å². The standard InChI is InChI=1S/C16H23BrN2O3/c1-16(2,3)22-15(20)19-12-7-11(8-12)18-10-5-6-13(17)14(9-10)21-4/h5-6,9,11-12,18H,7-8H2,1-4H3,(H,19,20). The van der Waals surface area contributed by atoms with Crippen LogP contribution in [0.15, 0.2) is 22.7 Å². The maximum atomic E-state index is 11.7. The van der Waals surface area contributed by atoms with E-state index in [1.54, 1.807) is 7.11 Å². The van der Waals surface area contributed by atoms with Gasteiger partial charge in [0, 0.05) is 23.8 Å². The first-order valence-electron chi connectivity index (χ1n) is 7.36. The van der Waals surface area contributed by atoms with Gasteiger partial charge in [0.2, 0.25) is 0 Å². The Kier molecular flexibility index (Phi) is 5.21. The van der Waals surface area contributed by atoms with E-state index in [-0.39, 0.29) is 12.1 Å². The van der Waals surface area contributed by atoms with Crippen LogP contribution in [0.2, 0.25) is 0 Å². The third-order valence-electron chi connectivity index (χ3n) is 3.38. The number of hydrogen-bond acceptors (Lipinski definition) is 4. The van der Waals surface area contributed by atoms with Crippen molar-refractivity contribution in [3.63, 3.8) is 0 Å². The molecule has 0 saturated heterocycles. The van der Waals surface area contributed by atoms with Gasteiger partial charge < -0.3 is 20.1 Å². The van der Waals surface area contributed by atoms with Crippen molar-refractivity contribution in [1.82, 2.24) is 5.32 Å². The molecule has 0 bridgehead atoms. The highest BCUT2D eigenvalue weighted by atomic mass is 79.9. The van der Waals surface area contributed by atoms with Crippen molar-refractivity contribution in [2.45, 2.75) is 51.3 Å². The van der Waals surface area contributed by atoms with Crippen molar-refractivity contribution in [1.29, 1.82) is 0 Å². The fraction of sp³-hybridized carbons (Fsp3) is 0.562. The normalized spacial score (nSPS) is 20.8. The number of carbonyl (C=O) groups is 1. The van der Waals surface area contributed by atoms with Crippen LogP contribution in [0.5, 0.6) is 5.75 Å². The van der Waals surface area contributed by atoms with E-state index in [0.717, 1.165) is 28.8 Å². The summed E-state index contributed by atoms with van der Waals surface area (Å²) in [6.45, 7) is 5.58. The lowest BCUT2D eigenvalue weighted by Gasteiger charge is -2.37. The third-order valence-corrected chi connectivity index (χ3v) is 4.04. The SMILES string of the molecule is COc1cc(NC2CC(NC(=O)OC(C)(C)C)C2)ccc1Br. The van der Waals surface area contributed by atoms with E-state index < -0.39 is 5.60 Å². The van der Waals surface area contributed by atoms with Gasteiger partial charge >= 0.3 is 6.09 Å². The largest absolute Gasteiger partial charge is 0.495 e. The molecule has 1 aromatic rings. The Labute approximate surface area is 139 Å². The van der Waals surface area contributed by atoms with E-state index in [1.165, 1.54) is 0 Å². The topological polar surface area (TPSA) is 59.6 Å². The van der Waals surface area contributed by atoms with Crippen LogP contribution in [-0.4, -0.2) is 30.9 Å². The summed E-state index contributed by atoms with van der Waals surface area (Å²) >= 11 is 3.43. The lowest BCUT2D eigenvalue weighted by molar-refractivity contribution is 0.0475. The molecule has 2 N–H and O–H groups in total. The highest BCUT2D eigenvalue weighted by Crippen LogP contribution is 2.30. The molecule has 1 aliphatic rings. The van der Waals surface area contributed by atoms with E-state index in [9.17, 15) is 4.79 Å². The molecule has 1 amide bonds. The van der Waals surface area contributed by atoms with Crippen molar-refractivity contribution >= 4 is 27.7 Å².